The lowest BCUT2D eigenvalue weighted by molar-refractivity contribution is -0.181. The average molecular weight is 473 g/mol. The summed E-state index contributed by atoms with van der Waals surface area (Å²) in [6.07, 6.45) is 11.0. The van der Waals surface area contributed by atoms with Crippen LogP contribution in [-0.4, -0.2) is 34.6 Å². The smallest absolute Gasteiger partial charge is 0.0850 e. The van der Waals surface area contributed by atoms with Gasteiger partial charge in [0.05, 0.1) is 24.4 Å². The number of hydrogen-bond donors (Lipinski definition) is 2. The highest BCUT2D eigenvalue weighted by Crippen LogP contribution is 2.89. The lowest BCUT2D eigenvalue weighted by Gasteiger charge is -2.63. The van der Waals surface area contributed by atoms with Crippen LogP contribution in [0.2, 0.25) is 0 Å². The molecule has 0 aromatic carbocycles. The van der Waals surface area contributed by atoms with Crippen LogP contribution in [0.15, 0.2) is 0 Å². The minimum absolute atomic E-state index is 0.0267. The van der Waals surface area contributed by atoms with Crippen molar-refractivity contribution in [2.75, 3.05) is 0 Å². The first kappa shape index (κ1) is 24.2. The molecule has 1 heterocycles. The Morgan fingerprint density at radius 3 is 2.21 bits per heavy atom. The van der Waals surface area contributed by atoms with Gasteiger partial charge in [0.1, 0.15) is 0 Å². The van der Waals surface area contributed by atoms with Crippen LogP contribution in [0.5, 0.6) is 0 Å². The molecule has 6 rings (SSSR count). The minimum Gasteiger partial charge on any atom is -0.393 e. The molecular formula is C31H52O3. The molecule has 0 amide bonds. The van der Waals surface area contributed by atoms with Gasteiger partial charge in [-0.1, -0.05) is 55.4 Å². The molecule has 3 heteroatoms. The fourth-order valence-electron chi connectivity index (χ4n) is 12.1. The van der Waals surface area contributed by atoms with E-state index in [9.17, 15) is 10.2 Å². The zero-order valence-electron chi connectivity index (χ0n) is 23.3. The molecule has 3 nitrogen and oxygen atoms in total. The number of hydrogen-bond acceptors (Lipinski definition) is 3. The molecule has 2 N–H and O–H groups in total. The third-order valence-electron chi connectivity index (χ3n) is 13.9. The highest BCUT2D eigenvalue weighted by atomic mass is 16.5. The van der Waals surface area contributed by atoms with Crippen LogP contribution in [0.3, 0.4) is 0 Å². The molecule has 6 unspecified atom stereocenters. The summed E-state index contributed by atoms with van der Waals surface area (Å²) in [5.41, 5.74) is 1.59. The summed E-state index contributed by atoms with van der Waals surface area (Å²) < 4.78 is 6.89. The Bertz CT molecular complexity index is 859. The molecule has 0 radical (unpaired) electrons. The number of fused-ring (bicyclic) bond motifs is 4. The van der Waals surface area contributed by atoms with Gasteiger partial charge in [-0.3, -0.25) is 0 Å². The molecule has 194 valence electrons. The second kappa shape index (κ2) is 6.84. The van der Waals surface area contributed by atoms with Crippen LogP contribution in [0.1, 0.15) is 113 Å². The third-order valence-corrected chi connectivity index (χ3v) is 13.9. The van der Waals surface area contributed by atoms with Gasteiger partial charge in [0.15, 0.2) is 0 Å². The summed E-state index contributed by atoms with van der Waals surface area (Å²) >= 11 is 0. The molecule has 1 aliphatic heterocycles. The fraction of sp³-hybridized carbons (Fsp3) is 1.00. The number of ether oxygens (including phenoxy) is 1. The highest BCUT2D eigenvalue weighted by Gasteiger charge is 2.83. The fourth-order valence-corrected chi connectivity index (χ4v) is 12.1. The first-order chi connectivity index (χ1) is 15.6. The van der Waals surface area contributed by atoms with Gasteiger partial charge >= 0.3 is 0 Å². The van der Waals surface area contributed by atoms with E-state index in [1.807, 2.05) is 0 Å². The van der Waals surface area contributed by atoms with E-state index < -0.39 is 6.10 Å². The van der Waals surface area contributed by atoms with Crippen molar-refractivity contribution < 1.29 is 14.9 Å². The van der Waals surface area contributed by atoms with Crippen LogP contribution in [0.25, 0.3) is 0 Å². The number of rotatable bonds is 1. The molecule has 0 aromatic heterocycles. The number of aliphatic hydroxyl groups excluding tert-OH is 2. The van der Waals surface area contributed by atoms with Gasteiger partial charge in [-0.2, -0.15) is 0 Å². The van der Waals surface area contributed by atoms with E-state index in [2.05, 4.69) is 55.4 Å². The van der Waals surface area contributed by atoms with Crippen molar-refractivity contribution in [3.05, 3.63) is 0 Å². The quantitative estimate of drug-likeness (QED) is 0.452. The molecule has 0 bridgehead atoms. The molecule has 34 heavy (non-hydrogen) atoms. The normalized spacial score (nSPS) is 58.6. The van der Waals surface area contributed by atoms with Crippen molar-refractivity contribution in [2.45, 2.75) is 138 Å². The van der Waals surface area contributed by atoms with E-state index in [1.165, 1.54) is 44.9 Å². The summed E-state index contributed by atoms with van der Waals surface area (Å²) in [4.78, 5) is 0. The third kappa shape index (κ3) is 2.66. The summed E-state index contributed by atoms with van der Waals surface area (Å²) in [6, 6.07) is 0. The van der Waals surface area contributed by atoms with E-state index in [0.29, 0.717) is 45.5 Å². The standard InChI is InChI=1S/C31H52O3/c1-18-15-19(25(33)26(2,3)4)34-20-16-29(8)22-10-9-21-27(5,6)23(32)11-12-30(21)17-31(22,30)14-13-28(29,7)24(18)20/h18-25,32-33H,9-17H2,1-8H3/t18-,19?,20?,21?,22+,23+,24?,25?,28-,29+,30?,31+/m1/s1. The topological polar surface area (TPSA) is 49.7 Å². The Morgan fingerprint density at radius 1 is 0.882 bits per heavy atom. The summed E-state index contributed by atoms with van der Waals surface area (Å²) in [7, 11) is 0. The van der Waals surface area contributed by atoms with Crippen LogP contribution < -0.4 is 0 Å². The molecule has 2 spiro atoms. The Hall–Kier alpha value is -0.120. The van der Waals surface area contributed by atoms with E-state index in [1.54, 1.807) is 0 Å². The van der Waals surface area contributed by atoms with Gasteiger partial charge in [-0.15, -0.1) is 0 Å². The minimum atomic E-state index is -0.400. The van der Waals surface area contributed by atoms with Crippen molar-refractivity contribution >= 4 is 0 Å². The molecule has 1 saturated heterocycles. The van der Waals surface area contributed by atoms with Crippen LogP contribution >= 0.6 is 0 Å². The number of aliphatic hydroxyl groups is 2. The van der Waals surface area contributed by atoms with Gasteiger partial charge < -0.3 is 14.9 Å². The lowest BCUT2D eigenvalue weighted by Crippen LogP contribution is -2.58. The molecule has 0 aromatic rings. The molecular weight excluding hydrogens is 420 g/mol. The summed E-state index contributed by atoms with van der Waals surface area (Å²) in [6.45, 7) is 18.9. The van der Waals surface area contributed by atoms with Crippen molar-refractivity contribution in [3.63, 3.8) is 0 Å². The van der Waals surface area contributed by atoms with Crippen LogP contribution in [0.4, 0.5) is 0 Å². The molecule has 6 aliphatic rings. The zero-order chi connectivity index (χ0) is 24.7. The Kier molecular flexibility index (Phi) is 4.88. The van der Waals surface area contributed by atoms with Gasteiger partial charge in [0.2, 0.25) is 0 Å². The van der Waals surface area contributed by atoms with E-state index in [0.717, 1.165) is 18.8 Å². The predicted molar refractivity (Wildman–Crippen MR) is 136 cm³/mol. The second-order valence-electron chi connectivity index (χ2n) is 16.3. The zero-order valence-corrected chi connectivity index (χ0v) is 23.3. The van der Waals surface area contributed by atoms with Gasteiger partial charge in [-0.25, -0.2) is 0 Å². The highest BCUT2D eigenvalue weighted by molar-refractivity contribution is 5.31. The molecule has 12 atom stereocenters. The lowest BCUT2D eigenvalue weighted by atomic mass is 9.41. The average Bonchev–Trinajstić information content (AvgIpc) is 3.33. The maximum absolute atomic E-state index is 11.1. The molecule has 5 aliphatic carbocycles. The maximum Gasteiger partial charge on any atom is 0.0850 e. The van der Waals surface area contributed by atoms with Crippen LogP contribution in [0, 0.1) is 56.2 Å². The van der Waals surface area contributed by atoms with Crippen LogP contribution in [-0.2, 0) is 4.74 Å². The van der Waals surface area contributed by atoms with E-state index >= 15 is 0 Å². The largest absolute Gasteiger partial charge is 0.393 e. The predicted octanol–water partition coefficient (Wildman–Crippen LogP) is 6.60. The Morgan fingerprint density at radius 2 is 1.53 bits per heavy atom. The van der Waals surface area contributed by atoms with Crippen molar-refractivity contribution in [2.24, 2.45) is 56.2 Å². The molecule has 6 fully saturated rings. The van der Waals surface area contributed by atoms with Crippen molar-refractivity contribution in [1.82, 2.24) is 0 Å². The van der Waals surface area contributed by atoms with Gasteiger partial charge in [-0.05, 0) is 114 Å². The maximum atomic E-state index is 11.1. The Labute approximate surface area is 208 Å². The summed E-state index contributed by atoms with van der Waals surface area (Å²) in [5.74, 6) is 2.72. The van der Waals surface area contributed by atoms with Crippen molar-refractivity contribution in [3.8, 4) is 0 Å². The first-order valence-electron chi connectivity index (χ1n) is 14.7. The monoisotopic (exact) mass is 472 g/mol. The van der Waals surface area contributed by atoms with Gasteiger partial charge in [0.25, 0.3) is 0 Å². The van der Waals surface area contributed by atoms with E-state index in [4.69, 9.17) is 4.74 Å². The SMILES string of the molecule is C[C@@H]1CC(C(O)C(C)(C)C)OC2C[C@@]3(C)[C@@H]4CCC5C(C)(C)[C@@H](O)CCC56C[C@@]46CC[C@]3(C)C21. The second-order valence-corrected chi connectivity index (χ2v) is 16.3. The summed E-state index contributed by atoms with van der Waals surface area (Å²) in [5, 5.41) is 22.0. The van der Waals surface area contributed by atoms with E-state index in [-0.39, 0.29) is 23.0 Å². The molecule has 5 saturated carbocycles. The Balaban J connectivity index is 1.33. The van der Waals surface area contributed by atoms with Gasteiger partial charge in [0, 0.05) is 0 Å². The first-order valence-corrected chi connectivity index (χ1v) is 14.7. The van der Waals surface area contributed by atoms with Crippen molar-refractivity contribution in [1.29, 1.82) is 0 Å².